The molecule has 154 valence electrons. The lowest BCUT2D eigenvalue weighted by molar-refractivity contribution is -0.129. The summed E-state index contributed by atoms with van der Waals surface area (Å²) in [6, 6.07) is 7.13. The summed E-state index contributed by atoms with van der Waals surface area (Å²) in [6.45, 7) is 4.95. The normalized spacial score (nSPS) is 11.1. The van der Waals surface area contributed by atoms with E-state index in [0.29, 0.717) is 24.5 Å². The third kappa shape index (κ3) is 7.00. The van der Waals surface area contributed by atoms with Gasteiger partial charge < -0.3 is 9.15 Å². The Hall–Kier alpha value is -2.34. The number of hydrogen-bond acceptors (Lipinski definition) is 5. The Bertz CT molecular complexity index is 812. The van der Waals surface area contributed by atoms with Gasteiger partial charge in [-0.3, -0.25) is 10.0 Å². The molecule has 2 rings (SSSR count). The topological polar surface area (TPSA) is 88.8 Å². The molecule has 2 N–H and O–H groups in total. The smallest absolute Gasteiger partial charge is 0.336 e. The maximum Gasteiger partial charge on any atom is 0.336 e. The van der Waals surface area contributed by atoms with Gasteiger partial charge in [0.25, 0.3) is 0 Å². The van der Waals surface area contributed by atoms with Crippen LogP contribution in [0.2, 0.25) is 0 Å². The van der Waals surface area contributed by atoms with Crippen molar-refractivity contribution < 1.29 is 19.2 Å². The van der Waals surface area contributed by atoms with Crippen LogP contribution in [0, 0.1) is 5.92 Å². The fourth-order valence-corrected chi connectivity index (χ4v) is 3.13. The summed E-state index contributed by atoms with van der Waals surface area (Å²) in [6.07, 6.45) is 6.85. The molecule has 0 radical (unpaired) electrons. The molecule has 0 aliphatic carbocycles. The molecule has 0 atom stereocenters. The van der Waals surface area contributed by atoms with Crippen LogP contribution in [0.4, 0.5) is 0 Å². The SMILES string of the molecule is CC(C)CCc1c(OCCCCCCCC(=O)NO)ccc2ccc(=O)oc12. The van der Waals surface area contributed by atoms with Crippen molar-refractivity contribution in [3.8, 4) is 5.75 Å². The third-order valence-corrected chi connectivity index (χ3v) is 4.75. The van der Waals surface area contributed by atoms with Crippen molar-refractivity contribution in [1.29, 1.82) is 0 Å². The highest BCUT2D eigenvalue weighted by Gasteiger charge is 2.12. The first-order valence-electron chi connectivity index (χ1n) is 10.1. The minimum absolute atomic E-state index is 0.333. The lowest BCUT2D eigenvalue weighted by Gasteiger charge is -2.14. The van der Waals surface area contributed by atoms with Gasteiger partial charge in [-0.15, -0.1) is 0 Å². The summed E-state index contributed by atoms with van der Waals surface area (Å²) in [4.78, 5) is 22.6. The number of benzene rings is 1. The molecule has 28 heavy (non-hydrogen) atoms. The minimum atomic E-state index is -0.342. The molecular formula is C22H31NO5. The van der Waals surface area contributed by atoms with Gasteiger partial charge in [0.1, 0.15) is 11.3 Å². The van der Waals surface area contributed by atoms with Gasteiger partial charge in [0.2, 0.25) is 5.91 Å². The molecule has 0 bridgehead atoms. The second-order valence-corrected chi connectivity index (χ2v) is 7.55. The Morgan fingerprint density at radius 2 is 1.82 bits per heavy atom. The molecule has 6 heteroatoms. The lowest BCUT2D eigenvalue weighted by Crippen LogP contribution is -2.17. The first-order valence-corrected chi connectivity index (χ1v) is 10.1. The molecule has 6 nitrogen and oxygen atoms in total. The van der Waals surface area contributed by atoms with Crippen LogP contribution >= 0.6 is 0 Å². The van der Waals surface area contributed by atoms with E-state index in [2.05, 4.69) is 13.8 Å². The molecule has 0 spiro atoms. The number of nitrogens with one attached hydrogen (secondary N) is 1. The molecule has 1 amide bonds. The predicted octanol–water partition coefficient (Wildman–Crippen LogP) is 4.61. The molecule has 0 fully saturated rings. The summed E-state index contributed by atoms with van der Waals surface area (Å²) >= 11 is 0. The molecule has 2 aromatic rings. The quantitative estimate of drug-likeness (QED) is 0.240. The van der Waals surface area contributed by atoms with Crippen LogP contribution in [0.25, 0.3) is 11.0 Å². The molecule has 0 aliphatic rings. The number of ether oxygens (including phenoxy) is 1. The number of fused-ring (bicyclic) bond motifs is 1. The van der Waals surface area contributed by atoms with Crippen LogP contribution in [0.5, 0.6) is 5.75 Å². The van der Waals surface area contributed by atoms with E-state index < -0.39 is 0 Å². The summed E-state index contributed by atoms with van der Waals surface area (Å²) in [5, 5.41) is 9.36. The average molecular weight is 389 g/mol. The van der Waals surface area contributed by atoms with Crippen molar-refractivity contribution in [3.63, 3.8) is 0 Å². The second-order valence-electron chi connectivity index (χ2n) is 7.55. The Kier molecular flexibility index (Phi) is 9.01. The number of hydrogen-bond donors (Lipinski definition) is 2. The monoisotopic (exact) mass is 389 g/mol. The van der Waals surface area contributed by atoms with Gasteiger partial charge in [-0.1, -0.05) is 33.1 Å². The van der Waals surface area contributed by atoms with Crippen LogP contribution in [0.1, 0.15) is 64.4 Å². The van der Waals surface area contributed by atoms with E-state index in [0.717, 1.165) is 61.6 Å². The van der Waals surface area contributed by atoms with Crippen LogP contribution in [-0.2, 0) is 11.2 Å². The fourth-order valence-electron chi connectivity index (χ4n) is 3.13. The zero-order chi connectivity index (χ0) is 20.4. The lowest BCUT2D eigenvalue weighted by atomic mass is 10.00. The van der Waals surface area contributed by atoms with Gasteiger partial charge in [-0.2, -0.15) is 0 Å². The van der Waals surface area contributed by atoms with E-state index in [4.69, 9.17) is 14.4 Å². The Morgan fingerprint density at radius 3 is 2.57 bits per heavy atom. The summed E-state index contributed by atoms with van der Waals surface area (Å²) in [5.41, 5.74) is 2.91. The summed E-state index contributed by atoms with van der Waals surface area (Å²) < 4.78 is 11.5. The highest BCUT2D eigenvalue weighted by molar-refractivity contribution is 5.82. The number of unbranched alkanes of at least 4 members (excludes halogenated alkanes) is 4. The highest BCUT2D eigenvalue weighted by Crippen LogP contribution is 2.29. The molecule has 1 aromatic carbocycles. The molecule has 1 aromatic heterocycles. The van der Waals surface area contributed by atoms with E-state index in [1.807, 2.05) is 12.1 Å². The van der Waals surface area contributed by atoms with Gasteiger partial charge in [0.05, 0.1) is 6.61 Å². The van der Waals surface area contributed by atoms with Crippen LogP contribution in [0.15, 0.2) is 33.5 Å². The van der Waals surface area contributed by atoms with Crippen LogP contribution in [-0.4, -0.2) is 17.7 Å². The van der Waals surface area contributed by atoms with Gasteiger partial charge in [-0.05, 0) is 49.8 Å². The molecule has 0 aliphatic heterocycles. The predicted molar refractivity (Wildman–Crippen MR) is 109 cm³/mol. The van der Waals surface area contributed by atoms with Gasteiger partial charge in [-0.25, -0.2) is 10.3 Å². The van der Waals surface area contributed by atoms with E-state index in [1.54, 1.807) is 11.5 Å². The zero-order valence-electron chi connectivity index (χ0n) is 16.8. The van der Waals surface area contributed by atoms with E-state index in [-0.39, 0.29) is 11.5 Å². The van der Waals surface area contributed by atoms with Gasteiger partial charge in [0.15, 0.2) is 0 Å². The zero-order valence-corrected chi connectivity index (χ0v) is 16.8. The van der Waals surface area contributed by atoms with Gasteiger partial charge >= 0.3 is 5.63 Å². The Labute approximate surface area is 165 Å². The van der Waals surface area contributed by atoms with Crippen molar-refractivity contribution in [2.24, 2.45) is 5.92 Å². The molecule has 0 saturated heterocycles. The molecule has 0 saturated carbocycles. The largest absolute Gasteiger partial charge is 0.493 e. The van der Waals surface area contributed by atoms with Crippen LogP contribution < -0.4 is 15.8 Å². The number of amides is 1. The number of carbonyl (C=O) groups excluding carboxylic acids is 1. The van der Waals surface area contributed by atoms with Crippen molar-refractivity contribution in [2.45, 2.75) is 65.2 Å². The van der Waals surface area contributed by atoms with E-state index in [1.165, 1.54) is 6.07 Å². The maximum absolute atomic E-state index is 11.7. The van der Waals surface area contributed by atoms with Crippen LogP contribution in [0.3, 0.4) is 0 Å². The number of hydroxylamine groups is 1. The van der Waals surface area contributed by atoms with Crippen molar-refractivity contribution in [1.82, 2.24) is 5.48 Å². The first kappa shape index (κ1) is 22.0. The second kappa shape index (κ2) is 11.5. The fraction of sp³-hybridized carbons (Fsp3) is 0.545. The maximum atomic E-state index is 11.7. The first-order chi connectivity index (χ1) is 13.5. The molecule has 1 heterocycles. The molecule has 0 unspecified atom stereocenters. The van der Waals surface area contributed by atoms with E-state index >= 15 is 0 Å². The number of carbonyl (C=O) groups is 1. The average Bonchev–Trinajstić information content (AvgIpc) is 2.68. The van der Waals surface area contributed by atoms with E-state index in [9.17, 15) is 9.59 Å². The molecular weight excluding hydrogens is 358 g/mol. The van der Waals surface area contributed by atoms with Crippen molar-refractivity contribution >= 4 is 16.9 Å². The van der Waals surface area contributed by atoms with Gasteiger partial charge in [0, 0.05) is 23.4 Å². The summed E-state index contributed by atoms with van der Waals surface area (Å²) in [7, 11) is 0. The number of rotatable bonds is 12. The minimum Gasteiger partial charge on any atom is -0.493 e. The standard InChI is InChI=1S/C22H31NO5/c1-16(2)9-12-18-19(13-10-17-11-14-21(25)28-22(17)18)27-15-7-5-3-4-6-8-20(24)23-26/h10-11,13-14,16,26H,3-9,12,15H2,1-2H3,(H,23,24). The number of aryl methyl sites for hydroxylation is 1. The Morgan fingerprint density at radius 1 is 1.11 bits per heavy atom. The Balaban J connectivity index is 1.90. The highest BCUT2D eigenvalue weighted by atomic mass is 16.5. The summed E-state index contributed by atoms with van der Waals surface area (Å²) in [5.74, 6) is 1.01. The van der Waals surface area contributed by atoms with Crippen molar-refractivity contribution in [3.05, 3.63) is 40.2 Å². The third-order valence-electron chi connectivity index (χ3n) is 4.75. The van der Waals surface area contributed by atoms with Crippen molar-refractivity contribution in [2.75, 3.05) is 6.61 Å².